The number of carbonyl (C=O) groups excluding carboxylic acids is 1. The van der Waals surface area contributed by atoms with E-state index in [0.29, 0.717) is 18.8 Å². The Kier molecular flexibility index (Phi) is 8.46. The third kappa shape index (κ3) is 6.11. The van der Waals surface area contributed by atoms with Crippen LogP contribution in [0, 0.1) is 12.8 Å². The van der Waals surface area contributed by atoms with Crippen molar-refractivity contribution in [2.75, 3.05) is 37.6 Å². The molecule has 3 heterocycles. The summed E-state index contributed by atoms with van der Waals surface area (Å²) < 4.78 is 5.29. The first kappa shape index (κ1) is 24.1. The van der Waals surface area contributed by atoms with E-state index in [1.807, 2.05) is 6.92 Å². The first-order valence-corrected chi connectivity index (χ1v) is 12.5. The molecule has 34 heavy (non-hydrogen) atoms. The van der Waals surface area contributed by atoms with Crippen LogP contribution in [0.3, 0.4) is 0 Å². The SMILES string of the molecule is CCCCN(CCCNC(=O)[C@@H]1CCCN(c2ncnc3onc(C)c23)C1)Cc1ccccc1. The van der Waals surface area contributed by atoms with Gasteiger partial charge >= 0.3 is 0 Å². The summed E-state index contributed by atoms with van der Waals surface area (Å²) in [7, 11) is 0. The molecule has 0 aliphatic carbocycles. The van der Waals surface area contributed by atoms with Gasteiger partial charge in [-0.2, -0.15) is 4.98 Å². The number of piperidine rings is 1. The van der Waals surface area contributed by atoms with E-state index in [-0.39, 0.29) is 11.8 Å². The van der Waals surface area contributed by atoms with Gasteiger partial charge in [-0.05, 0) is 44.7 Å². The lowest BCUT2D eigenvalue weighted by Gasteiger charge is -2.33. The maximum absolute atomic E-state index is 12.9. The van der Waals surface area contributed by atoms with Crippen molar-refractivity contribution in [3.8, 4) is 0 Å². The second-order valence-electron chi connectivity index (χ2n) is 9.19. The van der Waals surface area contributed by atoms with Crippen molar-refractivity contribution < 1.29 is 9.32 Å². The van der Waals surface area contributed by atoms with Crippen LogP contribution in [0.5, 0.6) is 0 Å². The second kappa shape index (κ2) is 11.9. The number of anilines is 1. The van der Waals surface area contributed by atoms with Crippen molar-refractivity contribution in [1.29, 1.82) is 0 Å². The maximum atomic E-state index is 12.9. The maximum Gasteiger partial charge on any atom is 0.263 e. The lowest BCUT2D eigenvalue weighted by atomic mass is 9.97. The van der Waals surface area contributed by atoms with Gasteiger partial charge < -0.3 is 14.7 Å². The predicted molar refractivity (Wildman–Crippen MR) is 134 cm³/mol. The molecule has 1 saturated heterocycles. The number of nitrogens with zero attached hydrogens (tertiary/aromatic N) is 5. The summed E-state index contributed by atoms with van der Waals surface area (Å²) in [5.41, 5.74) is 2.62. The first-order chi connectivity index (χ1) is 16.7. The molecule has 0 bridgehead atoms. The Hall–Kier alpha value is -3.00. The van der Waals surface area contributed by atoms with Crippen LogP contribution in [-0.4, -0.2) is 58.7 Å². The van der Waals surface area contributed by atoms with Crippen molar-refractivity contribution in [3.63, 3.8) is 0 Å². The molecule has 8 nitrogen and oxygen atoms in total. The van der Waals surface area contributed by atoms with Crippen molar-refractivity contribution in [1.82, 2.24) is 25.3 Å². The Morgan fingerprint density at radius 2 is 2.03 bits per heavy atom. The van der Waals surface area contributed by atoms with Gasteiger partial charge in [-0.25, -0.2) is 4.98 Å². The van der Waals surface area contributed by atoms with Gasteiger partial charge in [0, 0.05) is 32.7 Å². The van der Waals surface area contributed by atoms with E-state index < -0.39 is 0 Å². The monoisotopic (exact) mass is 464 g/mol. The Bertz CT molecular complexity index is 1050. The van der Waals surface area contributed by atoms with Gasteiger partial charge in [-0.15, -0.1) is 0 Å². The van der Waals surface area contributed by atoms with Gasteiger partial charge in [0.15, 0.2) is 0 Å². The summed E-state index contributed by atoms with van der Waals surface area (Å²) in [6, 6.07) is 10.6. The molecule has 1 aromatic carbocycles. The molecule has 1 atom stereocenters. The number of benzene rings is 1. The number of unbranched alkanes of at least 4 members (excludes halogenated alkanes) is 1. The molecule has 4 rings (SSSR count). The molecule has 1 fully saturated rings. The number of fused-ring (bicyclic) bond motifs is 1. The molecule has 0 unspecified atom stereocenters. The van der Waals surface area contributed by atoms with Gasteiger partial charge in [-0.1, -0.05) is 48.8 Å². The number of hydrogen-bond acceptors (Lipinski definition) is 7. The van der Waals surface area contributed by atoms with E-state index in [2.05, 4.69) is 67.5 Å². The van der Waals surface area contributed by atoms with E-state index in [1.165, 1.54) is 24.7 Å². The fraction of sp³-hybridized carbons (Fsp3) is 0.538. The van der Waals surface area contributed by atoms with Gasteiger partial charge in [0.2, 0.25) is 5.91 Å². The first-order valence-electron chi connectivity index (χ1n) is 12.5. The molecule has 8 heteroatoms. The molecule has 1 aliphatic rings. The fourth-order valence-corrected chi connectivity index (χ4v) is 4.68. The fourth-order valence-electron chi connectivity index (χ4n) is 4.68. The van der Waals surface area contributed by atoms with Crippen LogP contribution >= 0.6 is 0 Å². The minimum atomic E-state index is -0.0422. The Morgan fingerprint density at radius 3 is 2.85 bits per heavy atom. The summed E-state index contributed by atoms with van der Waals surface area (Å²) in [5.74, 6) is 0.911. The molecule has 1 amide bonds. The predicted octanol–water partition coefficient (Wildman–Crippen LogP) is 3.95. The smallest absolute Gasteiger partial charge is 0.263 e. The molecule has 1 aliphatic heterocycles. The molecular formula is C26H36N6O2. The van der Waals surface area contributed by atoms with Crippen LogP contribution in [0.25, 0.3) is 11.1 Å². The number of nitrogens with one attached hydrogen (secondary N) is 1. The Balaban J connectivity index is 1.27. The van der Waals surface area contributed by atoms with Gasteiger partial charge in [-0.3, -0.25) is 9.69 Å². The van der Waals surface area contributed by atoms with Gasteiger partial charge in [0.1, 0.15) is 17.5 Å². The summed E-state index contributed by atoms with van der Waals surface area (Å²) in [6.07, 6.45) is 6.69. The molecule has 1 N–H and O–H groups in total. The third-order valence-corrected chi connectivity index (χ3v) is 6.54. The Labute approximate surface area is 201 Å². The standard InChI is InChI=1S/C26H36N6O2/c1-3-4-14-31(17-21-10-6-5-7-11-21)15-9-13-27-25(33)22-12-8-16-32(18-22)24-23-20(2)30-34-26(23)29-19-28-24/h5-7,10-11,19,22H,3-4,8-9,12-18H2,1-2H3,(H,27,33)/t22-/m1/s1. The molecule has 2 aromatic heterocycles. The van der Waals surface area contributed by atoms with Crippen LogP contribution < -0.4 is 10.2 Å². The zero-order valence-corrected chi connectivity index (χ0v) is 20.4. The second-order valence-corrected chi connectivity index (χ2v) is 9.19. The minimum Gasteiger partial charge on any atom is -0.356 e. The summed E-state index contributed by atoms with van der Waals surface area (Å²) in [5, 5.41) is 8.06. The molecule has 0 radical (unpaired) electrons. The van der Waals surface area contributed by atoms with E-state index in [1.54, 1.807) is 0 Å². The third-order valence-electron chi connectivity index (χ3n) is 6.54. The lowest BCUT2D eigenvalue weighted by molar-refractivity contribution is -0.125. The average molecular weight is 465 g/mol. The van der Waals surface area contributed by atoms with Gasteiger partial charge in [0.25, 0.3) is 5.71 Å². The normalized spacial score (nSPS) is 16.3. The van der Waals surface area contributed by atoms with E-state index in [0.717, 1.165) is 62.3 Å². The van der Waals surface area contributed by atoms with Crippen LogP contribution in [0.4, 0.5) is 5.82 Å². The minimum absolute atomic E-state index is 0.0422. The van der Waals surface area contributed by atoms with Crippen molar-refractivity contribution >= 4 is 22.8 Å². The highest BCUT2D eigenvalue weighted by Crippen LogP contribution is 2.29. The lowest BCUT2D eigenvalue weighted by Crippen LogP contribution is -2.44. The highest BCUT2D eigenvalue weighted by molar-refractivity contribution is 5.88. The van der Waals surface area contributed by atoms with Crippen molar-refractivity contribution in [3.05, 3.63) is 47.9 Å². The highest BCUT2D eigenvalue weighted by Gasteiger charge is 2.28. The van der Waals surface area contributed by atoms with Crippen LogP contribution in [0.15, 0.2) is 41.2 Å². The number of aryl methyl sites for hydroxylation is 1. The molecular weight excluding hydrogens is 428 g/mol. The summed E-state index contributed by atoms with van der Waals surface area (Å²) >= 11 is 0. The van der Waals surface area contributed by atoms with E-state index >= 15 is 0 Å². The Morgan fingerprint density at radius 1 is 1.21 bits per heavy atom. The van der Waals surface area contributed by atoms with E-state index in [9.17, 15) is 4.79 Å². The largest absolute Gasteiger partial charge is 0.356 e. The average Bonchev–Trinajstić information content (AvgIpc) is 3.26. The van der Waals surface area contributed by atoms with Crippen LogP contribution in [0.2, 0.25) is 0 Å². The molecule has 3 aromatic rings. The molecule has 0 saturated carbocycles. The zero-order valence-electron chi connectivity index (χ0n) is 20.4. The van der Waals surface area contributed by atoms with Crippen molar-refractivity contribution in [2.24, 2.45) is 5.92 Å². The number of hydrogen-bond donors (Lipinski definition) is 1. The summed E-state index contributed by atoms with van der Waals surface area (Å²) in [6.45, 7) is 9.38. The number of aromatic nitrogens is 3. The van der Waals surface area contributed by atoms with Crippen LogP contribution in [-0.2, 0) is 11.3 Å². The quantitative estimate of drug-likeness (QED) is 0.430. The summed E-state index contributed by atoms with van der Waals surface area (Å²) in [4.78, 5) is 26.3. The number of rotatable bonds is 11. The molecule has 0 spiro atoms. The van der Waals surface area contributed by atoms with Crippen LogP contribution in [0.1, 0.15) is 50.3 Å². The van der Waals surface area contributed by atoms with Gasteiger partial charge in [0.05, 0.1) is 11.6 Å². The molecule has 182 valence electrons. The number of amides is 1. The number of carbonyl (C=O) groups is 1. The van der Waals surface area contributed by atoms with E-state index in [4.69, 9.17) is 4.52 Å². The zero-order chi connectivity index (χ0) is 23.8. The highest BCUT2D eigenvalue weighted by atomic mass is 16.5. The topological polar surface area (TPSA) is 87.4 Å². The van der Waals surface area contributed by atoms with Crippen molar-refractivity contribution in [2.45, 2.75) is 52.5 Å².